The Kier molecular flexibility index (Phi) is 6.93. The van der Waals surface area contributed by atoms with Gasteiger partial charge in [-0.05, 0) is 48.2 Å². The molecule has 0 aliphatic carbocycles. The number of carbonyl (C=O) groups is 1. The van der Waals surface area contributed by atoms with Crippen LogP contribution >= 0.6 is 0 Å². The van der Waals surface area contributed by atoms with Gasteiger partial charge in [0.05, 0.1) is 0 Å². The molecule has 4 nitrogen and oxygen atoms in total. The minimum absolute atomic E-state index is 0.00947. The molecule has 2 aromatic carbocycles. The van der Waals surface area contributed by atoms with E-state index >= 15 is 0 Å². The lowest BCUT2D eigenvalue weighted by molar-refractivity contribution is 0.0796. The topological polar surface area (TPSA) is 60.8 Å². The fraction of sp³-hybridized carbons (Fsp3) is 0.350. The fourth-order valence-electron chi connectivity index (χ4n) is 2.64. The van der Waals surface area contributed by atoms with Gasteiger partial charge in [0.1, 0.15) is 0 Å². The zero-order valence-electron chi connectivity index (χ0n) is 15.0. The van der Waals surface area contributed by atoms with Crippen molar-refractivity contribution in [2.45, 2.75) is 31.9 Å². The van der Waals surface area contributed by atoms with Crippen molar-refractivity contribution in [1.29, 1.82) is 0 Å². The van der Waals surface area contributed by atoms with Crippen LogP contribution in [0.25, 0.3) is 0 Å². The highest BCUT2D eigenvalue weighted by Crippen LogP contribution is 2.15. The predicted octanol–water partition coefficient (Wildman–Crippen LogP) is 2.99. The Labute approximate surface area is 151 Å². The Morgan fingerprint density at radius 1 is 1.00 bits per heavy atom. The monoisotopic (exact) mass is 357 g/mol. The molecule has 0 atom stereocenters. The van der Waals surface area contributed by atoms with Crippen molar-refractivity contribution in [3.05, 3.63) is 71.3 Å². The third kappa shape index (κ3) is 6.12. The molecular formula is C20H27NO3Si. The summed E-state index contributed by atoms with van der Waals surface area (Å²) in [6, 6.07) is 18.4. The lowest BCUT2D eigenvalue weighted by Crippen LogP contribution is -2.33. The SMILES string of the molecule is CC[Si](O)(O)CCc1cccc(C(=O)N(C)CCc2ccccc2)c1. The third-order valence-corrected chi connectivity index (χ3v) is 6.66. The van der Waals surface area contributed by atoms with Gasteiger partial charge in [-0.15, -0.1) is 0 Å². The highest BCUT2D eigenvalue weighted by molar-refractivity contribution is 6.64. The Morgan fingerprint density at radius 2 is 1.68 bits per heavy atom. The Hall–Kier alpha value is -1.95. The molecule has 0 aromatic heterocycles. The van der Waals surface area contributed by atoms with Gasteiger partial charge in [-0.3, -0.25) is 4.79 Å². The molecule has 0 bridgehead atoms. The highest BCUT2D eigenvalue weighted by atomic mass is 28.4. The van der Waals surface area contributed by atoms with Gasteiger partial charge >= 0.3 is 8.56 Å². The smallest absolute Gasteiger partial charge is 0.332 e. The third-order valence-electron chi connectivity index (χ3n) is 4.48. The van der Waals surface area contributed by atoms with E-state index in [4.69, 9.17) is 0 Å². The van der Waals surface area contributed by atoms with E-state index in [1.165, 1.54) is 5.56 Å². The Morgan fingerprint density at radius 3 is 2.36 bits per heavy atom. The first-order chi connectivity index (χ1) is 11.9. The van der Waals surface area contributed by atoms with E-state index in [1.807, 2.05) is 49.5 Å². The first kappa shape index (κ1) is 19.4. The molecular weight excluding hydrogens is 330 g/mol. The van der Waals surface area contributed by atoms with E-state index in [2.05, 4.69) is 12.1 Å². The standard InChI is InChI=1S/C20H27NO3Si/c1-3-25(23,24)15-13-18-10-7-11-19(16-18)20(22)21(2)14-12-17-8-5-4-6-9-17/h4-11,16,23-24H,3,12-15H2,1-2H3. The highest BCUT2D eigenvalue weighted by Gasteiger charge is 2.25. The predicted molar refractivity (Wildman–Crippen MR) is 103 cm³/mol. The van der Waals surface area contributed by atoms with Gasteiger partial charge < -0.3 is 14.5 Å². The number of hydrogen-bond donors (Lipinski definition) is 2. The van der Waals surface area contributed by atoms with Crippen molar-refractivity contribution in [2.24, 2.45) is 0 Å². The summed E-state index contributed by atoms with van der Waals surface area (Å²) >= 11 is 0. The lowest BCUT2D eigenvalue weighted by atomic mass is 10.1. The molecule has 0 aliphatic rings. The molecule has 134 valence electrons. The van der Waals surface area contributed by atoms with Gasteiger partial charge in [0.25, 0.3) is 5.91 Å². The first-order valence-electron chi connectivity index (χ1n) is 8.74. The van der Waals surface area contributed by atoms with Crippen molar-refractivity contribution in [2.75, 3.05) is 13.6 Å². The Bertz CT molecular complexity index is 688. The van der Waals surface area contributed by atoms with Crippen LogP contribution < -0.4 is 0 Å². The largest absolute Gasteiger partial charge is 0.411 e. The maximum Gasteiger partial charge on any atom is 0.332 e. The molecule has 1 amide bonds. The van der Waals surface area contributed by atoms with Crippen LogP contribution in [0.4, 0.5) is 0 Å². The van der Waals surface area contributed by atoms with E-state index in [0.717, 1.165) is 12.0 Å². The number of hydrogen-bond acceptors (Lipinski definition) is 3. The molecule has 0 aliphatic heterocycles. The maximum atomic E-state index is 12.6. The van der Waals surface area contributed by atoms with Gasteiger partial charge in [0, 0.05) is 19.2 Å². The quantitative estimate of drug-likeness (QED) is 0.714. The molecule has 0 saturated carbocycles. The second-order valence-electron chi connectivity index (χ2n) is 6.50. The number of rotatable bonds is 8. The Balaban J connectivity index is 1.95. The van der Waals surface area contributed by atoms with Gasteiger partial charge in [0.2, 0.25) is 0 Å². The van der Waals surface area contributed by atoms with E-state index in [1.54, 1.807) is 11.8 Å². The summed E-state index contributed by atoms with van der Waals surface area (Å²) in [7, 11) is -1.26. The van der Waals surface area contributed by atoms with Crippen LogP contribution in [0.15, 0.2) is 54.6 Å². The summed E-state index contributed by atoms with van der Waals surface area (Å²) in [5.41, 5.74) is 2.83. The van der Waals surface area contributed by atoms with Crippen molar-refractivity contribution in [3.8, 4) is 0 Å². The maximum absolute atomic E-state index is 12.6. The number of likely N-dealkylation sites (N-methyl/N-ethyl adjacent to an activating group) is 1. The van der Waals surface area contributed by atoms with Gasteiger partial charge in [0.15, 0.2) is 0 Å². The van der Waals surface area contributed by atoms with E-state index in [-0.39, 0.29) is 5.91 Å². The molecule has 0 saturated heterocycles. The number of benzene rings is 2. The minimum Gasteiger partial charge on any atom is -0.411 e. The van der Waals surface area contributed by atoms with Crippen molar-refractivity contribution in [1.82, 2.24) is 4.90 Å². The number of nitrogens with zero attached hydrogens (tertiary/aromatic N) is 1. The lowest BCUT2D eigenvalue weighted by Gasteiger charge is -2.18. The van der Waals surface area contributed by atoms with Crippen LogP contribution in [0, 0.1) is 0 Å². The van der Waals surface area contributed by atoms with Crippen LogP contribution in [0.1, 0.15) is 28.4 Å². The summed E-state index contributed by atoms with van der Waals surface area (Å²) in [6.45, 7) is 2.46. The summed E-state index contributed by atoms with van der Waals surface area (Å²) < 4.78 is 0. The average Bonchev–Trinajstić information content (AvgIpc) is 2.65. The van der Waals surface area contributed by atoms with Gasteiger partial charge in [-0.25, -0.2) is 0 Å². The molecule has 0 fully saturated rings. The average molecular weight is 358 g/mol. The van der Waals surface area contributed by atoms with Crippen LogP contribution in [0.3, 0.4) is 0 Å². The molecule has 0 unspecified atom stereocenters. The molecule has 2 rings (SSSR count). The molecule has 0 radical (unpaired) electrons. The van der Waals surface area contributed by atoms with Crippen LogP contribution in [0.2, 0.25) is 12.1 Å². The minimum atomic E-state index is -3.07. The molecule has 2 N–H and O–H groups in total. The second-order valence-corrected chi connectivity index (χ2v) is 9.67. The normalized spacial score (nSPS) is 11.4. The van der Waals surface area contributed by atoms with E-state index < -0.39 is 8.56 Å². The summed E-state index contributed by atoms with van der Waals surface area (Å²) in [4.78, 5) is 34.0. The fourth-order valence-corrected chi connectivity index (χ4v) is 3.69. The second kappa shape index (κ2) is 8.94. The van der Waals surface area contributed by atoms with Gasteiger partial charge in [-0.1, -0.05) is 49.4 Å². The molecule has 2 aromatic rings. The zero-order chi connectivity index (χ0) is 18.3. The summed E-state index contributed by atoms with van der Waals surface area (Å²) in [6.07, 6.45) is 1.41. The molecule has 25 heavy (non-hydrogen) atoms. The van der Waals surface area contributed by atoms with E-state index in [9.17, 15) is 14.4 Å². The first-order valence-corrected chi connectivity index (χ1v) is 11.1. The molecule has 0 heterocycles. The van der Waals surface area contributed by atoms with Crippen LogP contribution in [-0.4, -0.2) is 42.6 Å². The summed E-state index contributed by atoms with van der Waals surface area (Å²) in [5, 5.41) is 0. The molecule has 0 spiro atoms. The van der Waals surface area contributed by atoms with Gasteiger partial charge in [-0.2, -0.15) is 0 Å². The van der Waals surface area contributed by atoms with Crippen LogP contribution in [-0.2, 0) is 12.8 Å². The zero-order valence-corrected chi connectivity index (χ0v) is 16.0. The number of aryl methyl sites for hydroxylation is 1. The van der Waals surface area contributed by atoms with E-state index in [0.29, 0.717) is 30.6 Å². The summed E-state index contributed by atoms with van der Waals surface area (Å²) in [5.74, 6) is -0.00947. The number of amides is 1. The van der Waals surface area contributed by atoms with Crippen LogP contribution in [0.5, 0.6) is 0 Å². The van der Waals surface area contributed by atoms with Crippen molar-refractivity contribution in [3.63, 3.8) is 0 Å². The van der Waals surface area contributed by atoms with Crippen molar-refractivity contribution < 1.29 is 14.4 Å². The number of carbonyl (C=O) groups excluding carboxylic acids is 1. The van der Waals surface area contributed by atoms with Crippen molar-refractivity contribution >= 4 is 14.5 Å². The molecule has 5 heteroatoms.